The van der Waals surface area contributed by atoms with Crippen LogP contribution in [0.4, 0.5) is 15.8 Å². The van der Waals surface area contributed by atoms with E-state index in [2.05, 4.69) is 21.2 Å². The van der Waals surface area contributed by atoms with Crippen molar-refractivity contribution in [1.29, 1.82) is 0 Å². The number of hydrogen-bond acceptors (Lipinski definition) is 7. The Morgan fingerprint density at radius 3 is 2.38 bits per heavy atom. The van der Waals surface area contributed by atoms with E-state index in [4.69, 9.17) is 14.2 Å². The summed E-state index contributed by atoms with van der Waals surface area (Å²) in [5.74, 6) is -1.90. The number of anilines is 2. The summed E-state index contributed by atoms with van der Waals surface area (Å²) in [5.41, 5.74) is 3.49. The average molecular weight is 537 g/mol. The number of carbonyl (C=O) groups excluding carboxylic acids is 3. The maximum Gasteiger partial charge on any atom is 0.262 e. The van der Waals surface area contributed by atoms with Gasteiger partial charge in [0.1, 0.15) is 17.5 Å². The molecule has 3 rings (SSSR count). The molecule has 0 aliphatic carbocycles. The van der Waals surface area contributed by atoms with Gasteiger partial charge in [0.15, 0.2) is 18.1 Å². The predicted molar refractivity (Wildman–Crippen MR) is 145 cm³/mol. The fourth-order valence-corrected chi connectivity index (χ4v) is 3.20. The molecule has 3 amide bonds. The predicted octanol–water partition coefficient (Wildman–Crippen LogP) is 3.98. The molecule has 0 heterocycles. The Labute approximate surface area is 225 Å². The number of hydrazone groups is 1. The molecule has 0 aromatic heterocycles. The fraction of sp³-hybridized carbons (Fsp3) is 0.214. The minimum atomic E-state index is -1.01. The van der Waals surface area contributed by atoms with E-state index in [9.17, 15) is 18.8 Å². The van der Waals surface area contributed by atoms with Crippen LogP contribution in [0.25, 0.3) is 0 Å². The molecule has 0 fully saturated rings. The molecule has 1 atom stereocenters. The maximum absolute atomic E-state index is 13.7. The number of benzene rings is 3. The highest BCUT2D eigenvalue weighted by molar-refractivity contribution is 6.06. The van der Waals surface area contributed by atoms with Crippen LogP contribution in [-0.4, -0.2) is 44.3 Å². The highest BCUT2D eigenvalue weighted by Crippen LogP contribution is 2.28. The van der Waals surface area contributed by atoms with E-state index < -0.39 is 29.5 Å². The fourth-order valence-electron chi connectivity index (χ4n) is 3.20. The van der Waals surface area contributed by atoms with E-state index in [0.29, 0.717) is 35.1 Å². The van der Waals surface area contributed by atoms with Crippen LogP contribution in [-0.2, 0) is 14.4 Å². The number of amides is 3. The smallest absolute Gasteiger partial charge is 0.262 e. The summed E-state index contributed by atoms with van der Waals surface area (Å²) in [6.45, 7) is 3.21. The molecule has 0 aliphatic heterocycles. The number of para-hydroxylation sites is 1. The van der Waals surface area contributed by atoms with Gasteiger partial charge in [0.25, 0.3) is 11.8 Å². The standard InChI is InChI=1S/C28H29FN4O6/c1-4-38-25-15-19(9-14-24(25)39-17-26(34)32-23-8-6-5-7-22(23)29)16-30-33-28(36)18(2)27(35)31-20-10-12-21(37-3)13-11-20/h5-16,18H,4,17H2,1-3H3,(H,31,35)(H,32,34)(H,33,36). The zero-order valence-corrected chi connectivity index (χ0v) is 21.7. The monoisotopic (exact) mass is 536 g/mol. The van der Waals surface area contributed by atoms with Crippen LogP contribution >= 0.6 is 0 Å². The van der Waals surface area contributed by atoms with Crippen molar-refractivity contribution in [3.63, 3.8) is 0 Å². The lowest BCUT2D eigenvalue weighted by molar-refractivity contribution is -0.131. The van der Waals surface area contributed by atoms with Crippen molar-refractivity contribution in [3.05, 3.63) is 78.1 Å². The largest absolute Gasteiger partial charge is 0.497 e. The molecule has 39 heavy (non-hydrogen) atoms. The van der Waals surface area contributed by atoms with Crippen LogP contribution < -0.4 is 30.3 Å². The second kappa shape index (κ2) is 14.1. The lowest BCUT2D eigenvalue weighted by atomic mass is 10.1. The molecule has 0 saturated heterocycles. The second-order valence-electron chi connectivity index (χ2n) is 8.13. The van der Waals surface area contributed by atoms with Gasteiger partial charge in [-0.3, -0.25) is 14.4 Å². The van der Waals surface area contributed by atoms with Crippen LogP contribution in [0, 0.1) is 11.7 Å². The molecule has 0 aliphatic rings. The number of hydrogen-bond donors (Lipinski definition) is 3. The van der Waals surface area contributed by atoms with Gasteiger partial charge in [-0.2, -0.15) is 5.10 Å². The first-order valence-corrected chi connectivity index (χ1v) is 12.0. The van der Waals surface area contributed by atoms with Crippen molar-refractivity contribution < 1.29 is 33.0 Å². The van der Waals surface area contributed by atoms with E-state index >= 15 is 0 Å². The number of halogens is 1. The number of nitrogens with zero attached hydrogens (tertiary/aromatic N) is 1. The molecule has 0 radical (unpaired) electrons. The van der Waals surface area contributed by atoms with Crippen LogP contribution in [0.5, 0.6) is 17.2 Å². The molecule has 1 unspecified atom stereocenters. The van der Waals surface area contributed by atoms with Crippen LogP contribution in [0.1, 0.15) is 19.4 Å². The highest BCUT2D eigenvalue weighted by Gasteiger charge is 2.21. The van der Waals surface area contributed by atoms with Gasteiger partial charge in [0.2, 0.25) is 5.91 Å². The Bertz CT molecular complexity index is 1330. The van der Waals surface area contributed by atoms with Crippen LogP contribution in [0.2, 0.25) is 0 Å². The lowest BCUT2D eigenvalue weighted by Gasteiger charge is -2.13. The quantitative estimate of drug-likeness (QED) is 0.183. The van der Waals surface area contributed by atoms with Gasteiger partial charge >= 0.3 is 0 Å². The van der Waals surface area contributed by atoms with Gasteiger partial charge in [0, 0.05) is 5.69 Å². The van der Waals surface area contributed by atoms with Crippen molar-refractivity contribution in [2.24, 2.45) is 11.0 Å². The molecule has 0 spiro atoms. The normalized spacial score (nSPS) is 11.4. The second-order valence-corrected chi connectivity index (χ2v) is 8.13. The molecule has 0 bridgehead atoms. The molecule has 3 aromatic carbocycles. The van der Waals surface area contributed by atoms with Gasteiger partial charge in [-0.15, -0.1) is 0 Å². The van der Waals surface area contributed by atoms with Gasteiger partial charge < -0.3 is 24.8 Å². The Balaban J connectivity index is 1.54. The van der Waals surface area contributed by atoms with Crippen molar-refractivity contribution in [1.82, 2.24) is 5.43 Å². The van der Waals surface area contributed by atoms with E-state index in [0.717, 1.165) is 0 Å². The first-order chi connectivity index (χ1) is 18.8. The van der Waals surface area contributed by atoms with E-state index in [1.165, 1.54) is 31.3 Å². The molecule has 3 aromatic rings. The summed E-state index contributed by atoms with van der Waals surface area (Å²) in [6.07, 6.45) is 1.38. The summed E-state index contributed by atoms with van der Waals surface area (Å²) >= 11 is 0. The van der Waals surface area contributed by atoms with Gasteiger partial charge in [-0.25, -0.2) is 9.82 Å². The third kappa shape index (κ3) is 8.56. The number of nitrogens with one attached hydrogen (secondary N) is 3. The van der Waals surface area contributed by atoms with Crippen LogP contribution in [0.15, 0.2) is 71.8 Å². The Kier molecular flexibility index (Phi) is 10.4. The summed E-state index contributed by atoms with van der Waals surface area (Å²) < 4.78 is 30.0. The maximum atomic E-state index is 13.7. The van der Waals surface area contributed by atoms with Gasteiger partial charge in [0.05, 0.1) is 25.6 Å². The van der Waals surface area contributed by atoms with Crippen LogP contribution in [0.3, 0.4) is 0 Å². The average Bonchev–Trinajstić information content (AvgIpc) is 2.94. The van der Waals surface area contributed by atoms with E-state index in [1.54, 1.807) is 62.6 Å². The minimum absolute atomic E-state index is 0.0530. The zero-order chi connectivity index (χ0) is 28.2. The Morgan fingerprint density at radius 1 is 0.949 bits per heavy atom. The van der Waals surface area contributed by atoms with E-state index in [-0.39, 0.29) is 12.3 Å². The summed E-state index contributed by atoms with van der Waals surface area (Å²) in [7, 11) is 1.54. The first kappa shape index (κ1) is 28.6. The van der Waals surface area contributed by atoms with Crippen molar-refractivity contribution in [2.45, 2.75) is 13.8 Å². The molecule has 204 valence electrons. The minimum Gasteiger partial charge on any atom is -0.497 e. The zero-order valence-electron chi connectivity index (χ0n) is 21.7. The molecule has 0 saturated carbocycles. The van der Waals surface area contributed by atoms with Crippen molar-refractivity contribution in [2.75, 3.05) is 31.0 Å². The molecule has 10 nitrogen and oxygen atoms in total. The Morgan fingerprint density at radius 2 is 1.69 bits per heavy atom. The molecular formula is C28H29FN4O6. The summed E-state index contributed by atoms with van der Waals surface area (Å²) in [5, 5.41) is 9.02. The highest BCUT2D eigenvalue weighted by atomic mass is 19.1. The number of rotatable bonds is 12. The van der Waals surface area contributed by atoms with Crippen molar-refractivity contribution in [3.8, 4) is 17.2 Å². The van der Waals surface area contributed by atoms with E-state index in [1.807, 2.05) is 0 Å². The summed E-state index contributed by atoms with van der Waals surface area (Å²) in [6, 6.07) is 17.4. The van der Waals surface area contributed by atoms with Gasteiger partial charge in [-0.05, 0) is 74.0 Å². The molecule has 11 heteroatoms. The van der Waals surface area contributed by atoms with Crippen molar-refractivity contribution >= 4 is 35.3 Å². The molecular weight excluding hydrogens is 507 g/mol. The Hall–Kier alpha value is -4.93. The number of methoxy groups -OCH3 is 1. The SMILES string of the molecule is CCOc1cc(C=NNC(=O)C(C)C(=O)Nc2ccc(OC)cc2)ccc1OCC(=O)Nc1ccccc1F. The number of ether oxygens (including phenoxy) is 3. The third-order valence-corrected chi connectivity index (χ3v) is 5.31. The van der Waals surface area contributed by atoms with Gasteiger partial charge in [-0.1, -0.05) is 12.1 Å². The number of carbonyl (C=O) groups is 3. The lowest BCUT2D eigenvalue weighted by Crippen LogP contribution is -2.34. The molecule has 3 N–H and O–H groups in total. The first-order valence-electron chi connectivity index (χ1n) is 12.0. The topological polar surface area (TPSA) is 127 Å². The summed E-state index contributed by atoms with van der Waals surface area (Å²) in [4.78, 5) is 36.9. The third-order valence-electron chi connectivity index (χ3n) is 5.31.